The highest BCUT2D eigenvalue weighted by Gasteiger charge is 1.96. The van der Waals surface area contributed by atoms with Crippen molar-refractivity contribution in [1.82, 2.24) is 0 Å². The second-order valence-electron chi connectivity index (χ2n) is 4.18. The molecule has 0 radical (unpaired) electrons. The topological polar surface area (TPSA) is 30.5 Å². The van der Waals surface area contributed by atoms with Crippen molar-refractivity contribution in [3.8, 4) is 23.8 Å². The summed E-state index contributed by atoms with van der Waals surface area (Å²) in [5.41, 5.74) is 1.87. The molecule has 0 bridgehead atoms. The fourth-order valence-electron chi connectivity index (χ4n) is 1.76. The summed E-state index contributed by atoms with van der Waals surface area (Å²) in [6.07, 6.45) is 5.36. The van der Waals surface area contributed by atoms with E-state index in [-0.39, 0.29) is 0 Å². The van der Waals surface area contributed by atoms with Crippen molar-refractivity contribution in [3.63, 3.8) is 0 Å². The van der Waals surface area contributed by atoms with Crippen LogP contribution in [0.1, 0.15) is 5.56 Å². The third-order valence-corrected chi connectivity index (χ3v) is 2.79. The molecule has 3 nitrogen and oxygen atoms in total. The number of methoxy groups -OCH3 is 1. The maximum atomic E-state index is 5.63. The highest BCUT2D eigenvalue weighted by atomic mass is 16.5. The summed E-state index contributed by atoms with van der Waals surface area (Å²) in [7, 11) is 1.64. The van der Waals surface area contributed by atoms with E-state index in [1.54, 1.807) is 7.11 Å². The van der Waals surface area contributed by atoms with E-state index < -0.39 is 0 Å². The molecule has 1 N–H and O–H groups in total. The minimum Gasteiger partial charge on any atom is -0.497 e. The van der Waals surface area contributed by atoms with Gasteiger partial charge in [-0.2, -0.15) is 0 Å². The van der Waals surface area contributed by atoms with Crippen molar-refractivity contribution in [2.45, 2.75) is 0 Å². The standard InChI is InChI=1S/C17H17NO2/c1-3-14-5-4-6-15(13-14)18-11-12-20-17-9-7-16(19-2)8-10-17/h1,4-10,13,18H,11-12H2,2H3. The van der Waals surface area contributed by atoms with Gasteiger partial charge < -0.3 is 14.8 Å². The van der Waals surface area contributed by atoms with Gasteiger partial charge in [0.1, 0.15) is 18.1 Å². The van der Waals surface area contributed by atoms with Crippen molar-refractivity contribution in [2.75, 3.05) is 25.6 Å². The fourth-order valence-corrected chi connectivity index (χ4v) is 1.76. The zero-order valence-electron chi connectivity index (χ0n) is 11.4. The van der Waals surface area contributed by atoms with Gasteiger partial charge in [0.2, 0.25) is 0 Å². The van der Waals surface area contributed by atoms with Crippen molar-refractivity contribution < 1.29 is 9.47 Å². The van der Waals surface area contributed by atoms with E-state index in [2.05, 4.69) is 11.2 Å². The van der Waals surface area contributed by atoms with Crippen LogP contribution in [0, 0.1) is 12.3 Å². The molecule has 0 aromatic heterocycles. The van der Waals surface area contributed by atoms with Crippen LogP contribution < -0.4 is 14.8 Å². The van der Waals surface area contributed by atoms with Crippen LogP contribution in [0.15, 0.2) is 48.5 Å². The first-order valence-electron chi connectivity index (χ1n) is 6.39. The Morgan fingerprint density at radius 1 is 1.10 bits per heavy atom. The lowest BCUT2D eigenvalue weighted by Crippen LogP contribution is -2.11. The zero-order valence-corrected chi connectivity index (χ0v) is 11.4. The van der Waals surface area contributed by atoms with Gasteiger partial charge in [0, 0.05) is 17.8 Å². The second-order valence-corrected chi connectivity index (χ2v) is 4.18. The van der Waals surface area contributed by atoms with E-state index in [1.165, 1.54) is 0 Å². The molecule has 0 aliphatic heterocycles. The van der Waals surface area contributed by atoms with Crippen molar-refractivity contribution >= 4 is 5.69 Å². The van der Waals surface area contributed by atoms with E-state index in [4.69, 9.17) is 15.9 Å². The van der Waals surface area contributed by atoms with Crippen LogP contribution >= 0.6 is 0 Å². The molecule has 0 spiro atoms. The molecule has 3 heteroatoms. The number of ether oxygens (including phenoxy) is 2. The van der Waals surface area contributed by atoms with Crippen molar-refractivity contribution in [2.24, 2.45) is 0 Å². The molecular formula is C17H17NO2. The molecule has 0 saturated heterocycles. The van der Waals surface area contributed by atoms with Gasteiger partial charge in [0.25, 0.3) is 0 Å². The zero-order chi connectivity index (χ0) is 14.2. The van der Waals surface area contributed by atoms with Crippen LogP contribution in [0.3, 0.4) is 0 Å². The number of hydrogen-bond acceptors (Lipinski definition) is 3. The van der Waals surface area contributed by atoms with Gasteiger partial charge in [-0.1, -0.05) is 12.0 Å². The highest BCUT2D eigenvalue weighted by Crippen LogP contribution is 2.16. The normalized spacial score (nSPS) is 9.60. The Balaban J connectivity index is 1.77. The van der Waals surface area contributed by atoms with E-state index in [9.17, 15) is 0 Å². The Morgan fingerprint density at radius 3 is 2.55 bits per heavy atom. The molecular weight excluding hydrogens is 250 g/mol. The summed E-state index contributed by atoms with van der Waals surface area (Å²) >= 11 is 0. The molecule has 20 heavy (non-hydrogen) atoms. The van der Waals surface area contributed by atoms with Crippen LogP contribution in [0.4, 0.5) is 5.69 Å². The predicted molar refractivity (Wildman–Crippen MR) is 81.4 cm³/mol. The maximum Gasteiger partial charge on any atom is 0.119 e. The lowest BCUT2D eigenvalue weighted by atomic mass is 10.2. The Morgan fingerprint density at radius 2 is 1.85 bits per heavy atom. The average Bonchev–Trinajstić information content (AvgIpc) is 2.52. The first-order chi connectivity index (χ1) is 9.81. The quantitative estimate of drug-likeness (QED) is 0.644. The molecule has 0 unspecified atom stereocenters. The second kappa shape index (κ2) is 7.10. The van der Waals surface area contributed by atoms with Crippen molar-refractivity contribution in [1.29, 1.82) is 0 Å². The largest absolute Gasteiger partial charge is 0.497 e. The van der Waals surface area contributed by atoms with Gasteiger partial charge in [-0.15, -0.1) is 6.42 Å². The molecule has 0 heterocycles. The minimum atomic E-state index is 0.576. The SMILES string of the molecule is C#Cc1cccc(NCCOc2ccc(OC)cc2)c1. The predicted octanol–water partition coefficient (Wildman–Crippen LogP) is 3.17. The van der Waals surface area contributed by atoms with Crippen LogP contribution in [0.5, 0.6) is 11.5 Å². The number of hydrogen-bond donors (Lipinski definition) is 1. The number of terminal acetylenes is 1. The summed E-state index contributed by atoms with van der Waals surface area (Å²) in [6.45, 7) is 1.28. The third kappa shape index (κ3) is 3.96. The molecule has 0 saturated carbocycles. The smallest absolute Gasteiger partial charge is 0.119 e. The van der Waals surface area contributed by atoms with E-state index in [0.717, 1.165) is 22.7 Å². The summed E-state index contributed by atoms with van der Waals surface area (Å²) in [6, 6.07) is 15.3. The first kappa shape index (κ1) is 13.8. The minimum absolute atomic E-state index is 0.576. The summed E-state index contributed by atoms with van der Waals surface area (Å²) < 4.78 is 10.7. The number of rotatable bonds is 6. The summed E-state index contributed by atoms with van der Waals surface area (Å²) in [5.74, 6) is 4.26. The fraction of sp³-hybridized carbons (Fsp3) is 0.176. The van der Waals surface area contributed by atoms with Gasteiger partial charge in [0.15, 0.2) is 0 Å². The summed E-state index contributed by atoms with van der Waals surface area (Å²) in [5, 5.41) is 3.27. The van der Waals surface area contributed by atoms with Crippen LogP contribution in [0.25, 0.3) is 0 Å². The molecule has 0 aliphatic carbocycles. The number of anilines is 1. The Kier molecular flexibility index (Phi) is 4.91. The van der Waals surface area contributed by atoms with Gasteiger partial charge >= 0.3 is 0 Å². The number of nitrogens with one attached hydrogen (secondary N) is 1. The van der Waals surface area contributed by atoms with Crippen LogP contribution in [0.2, 0.25) is 0 Å². The van der Waals surface area contributed by atoms with Crippen LogP contribution in [-0.4, -0.2) is 20.3 Å². The van der Waals surface area contributed by atoms with Gasteiger partial charge in [-0.05, 0) is 42.5 Å². The number of benzene rings is 2. The Hall–Kier alpha value is -2.60. The highest BCUT2D eigenvalue weighted by molar-refractivity contribution is 5.49. The molecule has 2 aromatic carbocycles. The Bertz CT molecular complexity index is 585. The molecule has 0 fully saturated rings. The van der Waals surface area contributed by atoms with Gasteiger partial charge in [-0.3, -0.25) is 0 Å². The summed E-state index contributed by atoms with van der Waals surface area (Å²) in [4.78, 5) is 0. The van der Waals surface area contributed by atoms with Crippen LogP contribution in [-0.2, 0) is 0 Å². The molecule has 2 aromatic rings. The lowest BCUT2D eigenvalue weighted by molar-refractivity contribution is 0.332. The molecule has 2 rings (SSSR count). The van der Waals surface area contributed by atoms with Gasteiger partial charge in [-0.25, -0.2) is 0 Å². The van der Waals surface area contributed by atoms with Crippen molar-refractivity contribution in [3.05, 3.63) is 54.1 Å². The monoisotopic (exact) mass is 267 g/mol. The molecule has 0 aliphatic rings. The van der Waals surface area contributed by atoms with E-state index in [1.807, 2.05) is 48.5 Å². The third-order valence-electron chi connectivity index (χ3n) is 2.79. The van der Waals surface area contributed by atoms with Gasteiger partial charge in [0.05, 0.1) is 7.11 Å². The molecule has 102 valence electrons. The Labute approximate surface area is 119 Å². The first-order valence-corrected chi connectivity index (χ1v) is 6.39. The average molecular weight is 267 g/mol. The maximum absolute atomic E-state index is 5.63. The molecule has 0 amide bonds. The lowest BCUT2D eigenvalue weighted by Gasteiger charge is -2.09. The van der Waals surface area contributed by atoms with E-state index >= 15 is 0 Å². The molecule has 0 atom stereocenters. The van der Waals surface area contributed by atoms with E-state index in [0.29, 0.717) is 13.2 Å².